The molecule has 1 aliphatic carbocycles. The molecule has 0 radical (unpaired) electrons. The molecular weight excluding hydrogens is 190 g/mol. The van der Waals surface area contributed by atoms with Crippen LogP contribution in [0.5, 0.6) is 5.88 Å². The first kappa shape index (κ1) is 10.2. The van der Waals surface area contributed by atoms with Crippen LogP contribution in [0.1, 0.15) is 12.8 Å². The summed E-state index contributed by atoms with van der Waals surface area (Å²) in [6, 6.07) is 6.05. The first-order chi connectivity index (χ1) is 7.33. The van der Waals surface area contributed by atoms with Gasteiger partial charge in [-0.15, -0.1) is 0 Å². The van der Waals surface area contributed by atoms with Crippen molar-refractivity contribution >= 4 is 5.82 Å². The van der Waals surface area contributed by atoms with Gasteiger partial charge in [0.15, 0.2) is 0 Å². The summed E-state index contributed by atoms with van der Waals surface area (Å²) < 4.78 is 5.06. The third-order valence-corrected chi connectivity index (χ3v) is 2.71. The van der Waals surface area contributed by atoms with E-state index in [2.05, 4.69) is 10.3 Å². The van der Waals surface area contributed by atoms with E-state index in [1.54, 1.807) is 7.11 Å². The number of ether oxygens (including phenoxy) is 1. The highest BCUT2D eigenvalue weighted by Gasteiger charge is 2.30. The van der Waals surface area contributed by atoms with Crippen molar-refractivity contribution in [3.05, 3.63) is 18.2 Å². The second-order valence-electron chi connectivity index (χ2n) is 3.89. The fourth-order valence-corrected chi connectivity index (χ4v) is 1.67. The minimum absolute atomic E-state index is 0.351. The summed E-state index contributed by atoms with van der Waals surface area (Å²) in [5.41, 5.74) is 5.71. The molecule has 0 aliphatic heterocycles. The van der Waals surface area contributed by atoms with Crippen LogP contribution in [0.15, 0.2) is 18.2 Å². The average Bonchev–Trinajstić information content (AvgIpc) is 3.10. The lowest BCUT2D eigenvalue weighted by molar-refractivity contribution is 0.398. The lowest BCUT2D eigenvalue weighted by Crippen LogP contribution is -2.31. The van der Waals surface area contributed by atoms with Gasteiger partial charge in [-0.25, -0.2) is 0 Å². The Morgan fingerprint density at radius 3 is 3.00 bits per heavy atom. The van der Waals surface area contributed by atoms with Gasteiger partial charge in [0, 0.05) is 18.7 Å². The highest BCUT2D eigenvalue weighted by Crippen LogP contribution is 2.33. The Labute approximate surface area is 89.8 Å². The maximum Gasteiger partial charge on any atom is 0.214 e. The van der Waals surface area contributed by atoms with Crippen LogP contribution >= 0.6 is 0 Å². The smallest absolute Gasteiger partial charge is 0.214 e. The minimum Gasteiger partial charge on any atom is -0.481 e. The number of anilines is 1. The molecule has 4 heteroatoms. The van der Waals surface area contributed by atoms with Crippen molar-refractivity contribution < 1.29 is 4.74 Å². The first-order valence-electron chi connectivity index (χ1n) is 5.31. The van der Waals surface area contributed by atoms with Crippen LogP contribution in [-0.2, 0) is 0 Å². The fourth-order valence-electron chi connectivity index (χ4n) is 1.67. The summed E-state index contributed by atoms with van der Waals surface area (Å²) in [7, 11) is 1.62. The first-order valence-corrected chi connectivity index (χ1v) is 5.31. The van der Waals surface area contributed by atoms with Crippen LogP contribution in [0.4, 0.5) is 5.82 Å². The van der Waals surface area contributed by atoms with Gasteiger partial charge in [-0.05, 0) is 24.8 Å². The molecule has 1 saturated carbocycles. The van der Waals surface area contributed by atoms with Crippen molar-refractivity contribution in [1.29, 1.82) is 0 Å². The van der Waals surface area contributed by atoms with Crippen molar-refractivity contribution in [2.24, 2.45) is 11.7 Å². The Kier molecular flexibility index (Phi) is 3.06. The molecule has 1 aliphatic rings. The van der Waals surface area contributed by atoms with Gasteiger partial charge in [0.05, 0.1) is 7.11 Å². The zero-order chi connectivity index (χ0) is 10.7. The number of pyridine rings is 1. The molecule has 2 rings (SSSR count). The molecular formula is C11H17N3O. The number of hydrogen-bond acceptors (Lipinski definition) is 4. The molecule has 3 N–H and O–H groups in total. The Morgan fingerprint density at radius 2 is 2.40 bits per heavy atom. The maximum atomic E-state index is 5.71. The predicted octanol–water partition coefficient (Wildman–Crippen LogP) is 1.24. The zero-order valence-electron chi connectivity index (χ0n) is 8.94. The lowest BCUT2D eigenvalue weighted by Gasteiger charge is -2.16. The molecule has 0 amide bonds. The number of nitrogens with zero attached hydrogens (tertiary/aromatic N) is 1. The molecule has 0 bridgehead atoms. The predicted molar refractivity (Wildman–Crippen MR) is 60.0 cm³/mol. The Bertz CT molecular complexity index is 325. The minimum atomic E-state index is 0.351. The van der Waals surface area contributed by atoms with Crippen LogP contribution in [0.2, 0.25) is 0 Å². The molecule has 82 valence electrons. The van der Waals surface area contributed by atoms with Gasteiger partial charge in [0.1, 0.15) is 5.82 Å². The molecule has 0 spiro atoms. The zero-order valence-corrected chi connectivity index (χ0v) is 8.94. The van der Waals surface area contributed by atoms with Gasteiger partial charge in [0.2, 0.25) is 5.88 Å². The summed E-state index contributed by atoms with van der Waals surface area (Å²) in [5.74, 6) is 2.20. The molecule has 15 heavy (non-hydrogen) atoms. The number of rotatable bonds is 5. The summed E-state index contributed by atoms with van der Waals surface area (Å²) in [5, 5.41) is 3.35. The van der Waals surface area contributed by atoms with Crippen LogP contribution in [0.3, 0.4) is 0 Å². The molecule has 1 fully saturated rings. The molecule has 0 saturated heterocycles. The van der Waals surface area contributed by atoms with Crippen LogP contribution in [-0.4, -0.2) is 24.7 Å². The number of nitrogens with one attached hydrogen (secondary N) is 1. The van der Waals surface area contributed by atoms with Crippen LogP contribution < -0.4 is 15.8 Å². The Morgan fingerprint density at radius 1 is 1.60 bits per heavy atom. The molecule has 4 nitrogen and oxygen atoms in total. The molecule has 1 unspecified atom stereocenters. The summed E-state index contributed by atoms with van der Waals surface area (Å²) >= 11 is 0. The van der Waals surface area contributed by atoms with E-state index < -0.39 is 0 Å². The number of hydrogen-bond donors (Lipinski definition) is 2. The molecule has 0 aromatic carbocycles. The van der Waals surface area contributed by atoms with Crippen molar-refractivity contribution in [3.8, 4) is 5.88 Å². The highest BCUT2D eigenvalue weighted by atomic mass is 16.5. The van der Waals surface area contributed by atoms with E-state index in [0.29, 0.717) is 18.5 Å². The summed E-state index contributed by atoms with van der Waals surface area (Å²) in [6.45, 7) is 0.656. The van der Waals surface area contributed by atoms with Crippen LogP contribution in [0, 0.1) is 5.92 Å². The van der Waals surface area contributed by atoms with Crippen molar-refractivity contribution in [1.82, 2.24) is 4.98 Å². The third-order valence-electron chi connectivity index (χ3n) is 2.71. The average molecular weight is 207 g/mol. The molecule has 1 atom stereocenters. The van der Waals surface area contributed by atoms with Crippen molar-refractivity contribution in [3.63, 3.8) is 0 Å². The largest absolute Gasteiger partial charge is 0.481 e. The Balaban J connectivity index is 2.01. The number of methoxy groups -OCH3 is 1. The van der Waals surface area contributed by atoms with Crippen molar-refractivity contribution in [2.45, 2.75) is 18.9 Å². The van der Waals surface area contributed by atoms with E-state index in [0.717, 1.165) is 11.7 Å². The SMILES string of the molecule is COc1cccc(NC(CN)C2CC2)n1. The van der Waals surface area contributed by atoms with E-state index in [-0.39, 0.29) is 0 Å². The summed E-state index contributed by atoms with van der Waals surface area (Å²) in [4.78, 5) is 4.30. The second kappa shape index (κ2) is 4.49. The number of nitrogens with two attached hydrogens (primary N) is 1. The van der Waals surface area contributed by atoms with E-state index in [9.17, 15) is 0 Å². The van der Waals surface area contributed by atoms with Gasteiger partial charge < -0.3 is 15.8 Å². The molecule has 1 aromatic rings. The molecule has 1 heterocycles. The third kappa shape index (κ3) is 2.59. The van der Waals surface area contributed by atoms with E-state index in [4.69, 9.17) is 10.5 Å². The van der Waals surface area contributed by atoms with Gasteiger partial charge in [-0.1, -0.05) is 6.07 Å². The summed E-state index contributed by atoms with van der Waals surface area (Å²) in [6.07, 6.45) is 2.55. The normalized spacial score (nSPS) is 17.2. The Hall–Kier alpha value is -1.29. The monoisotopic (exact) mass is 207 g/mol. The van der Waals surface area contributed by atoms with Gasteiger partial charge >= 0.3 is 0 Å². The van der Waals surface area contributed by atoms with Gasteiger partial charge in [-0.3, -0.25) is 0 Å². The quantitative estimate of drug-likeness (QED) is 0.762. The lowest BCUT2D eigenvalue weighted by atomic mass is 10.2. The fraction of sp³-hybridized carbons (Fsp3) is 0.545. The number of aromatic nitrogens is 1. The van der Waals surface area contributed by atoms with Crippen molar-refractivity contribution in [2.75, 3.05) is 19.0 Å². The van der Waals surface area contributed by atoms with E-state index in [1.165, 1.54) is 12.8 Å². The topological polar surface area (TPSA) is 60.2 Å². The second-order valence-corrected chi connectivity index (χ2v) is 3.89. The van der Waals surface area contributed by atoms with E-state index >= 15 is 0 Å². The van der Waals surface area contributed by atoms with Gasteiger partial charge in [-0.2, -0.15) is 4.98 Å². The van der Waals surface area contributed by atoms with Crippen LogP contribution in [0.25, 0.3) is 0 Å². The highest BCUT2D eigenvalue weighted by molar-refractivity contribution is 5.38. The maximum absolute atomic E-state index is 5.71. The standard InChI is InChI=1S/C11H17N3O/c1-15-11-4-2-3-10(14-11)13-9(7-12)8-5-6-8/h2-4,8-9H,5-7,12H2,1H3,(H,13,14). The van der Waals surface area contributed by atoms with E-state index in [1.807, 2.05) is 18.2 Å². The van der Waals surface area contributed by atoms with Gasteiger partial charge in [0.25, 0.3) is 0 Å². The molecule has 1 aromatic heterocycles.